The van der Waals surface area contributed by atoms with E-state index in [4.69, 9.17) is 0 Å². The Morgan fingerprint density at radius 2 is 2.20 bits per heavy atom. The fourth-order valence-corrected chi connectivity index (χ4v) is 2.88. The first-order valence-electron chi connectivity index (χ1n) is 8.66. The number of rotatable bonds is 5. The van der Waals surface area contributed by atoms with Crippen molar-refractivity contribution < 1.29 is 9.59 Å². The van der Waals surface area contributed by atoms with Crippen molar-refractivity contribution in [2.75, 3.05) is 13.1 Å². The van der Waals surface area contributed by atoms with Crippen LogP contribution in [0.2, 0.25) is 0 Å². The Labute approximate surface area is 146 Å². The van der Waals surface area contributed by atoms with E-state index in [0.29, 0.717) is 30.4 Å². The molecule has 2 aromatic heterocycles. The van der Waals surface area contributed by atoms with Crippen molar-refractivity contribution in [2.45, 2.75) is 45.7 Å². The Bertz CT molecular complexity index is 763. The van der Waals surface area contributed by atoms with Crippen LogP contribution in [0.4, 0.5) is 0 Å². The number of nitrogens with one attached hydrogen (secondary N) is 2. The van der Waals surface area contributed by atoms with Crippen LogP contribution < -0.4 is 5.32 Å². The second-order valence-electron chi connectivity index (χ2n) is 6.63. The average Bonchev–Trinajstić information content (AvgIpc) is 3.33. The lowest BCUT2D eigenvalue weighted by molar-refractivity contribution is 0.0777. The highest BCUT2D eigenvalue weighted by Crippen LogP contribution is 2.16. The lowest BCUT2D eigenvalue weighted by Crippen LogP contribution is -2.38. The summed E-state index contributed by atoms with van der Waals surface area (Å²) < 4.78 is 1.71. The zero-order valence-electron chi connectivity index (χ0n) is 14.8. The van der Waals surface area contributed by atoms with E-state index in [1.165, 1.54) is 0 Å². The van der Waals surface area contributed by atoms with E-state index >= 15 is 0 Å². The molecule has 1 aliphatic rings. The molecule has 1 aliphatic heterocycles. The van der Waals surface area contributed by atoms with Crippen LogP contribution in [-0.2, 0) is 6.54 Å². The van der Waals surface area contributed by atoms with Crippen LogP contribution >= 0.6 is 0 Å². The van der Waals surface area contributed by atoms with Gasteiger partial charge in [-0.1, -0.05) is 13.8 Å². The Morgan fingerprint density at radius 3 is 2.84 bits per heavy atom. The first-order valence-corrected chi connectivity index (χ1v) is 8.66. The van der Waals surface area contributed by atoms with Crippen LogP contribution in [0.15, 0.2) is 18.3 Å². The molecule has 0 aliphatic carbocycles. The molecule has 1 atom stereocenters. The largest absolute Gasteiger partial charge is 0.346 e. The molecule has 0 radical (unpaired) electrons. The first kappa shape index (κ1) is 17.2. The number of aryl methyl sites for hydroxylation is 1. The predicted octanol–water partition coefficient (Wildman–Crippen LogP) is 1.39. The number of likely N-dealkylation sites (tertiary alicyclic amines) is 1. The normalized spacial score (nSPS) is 17.3. The highest BCUT2D eigenvalue weighted by molar-refractivity contribution is 5.93. The van der Waals surface area contributed by atoms with Crippen molar-refractivity contribution in [1.29, 1.82) is 0 Å². The topological polar surface area (TPSA) is 95.9 Å². The van der Waals surface area contributed by atoms with Gasteiger partial charge < -0.3 is 10.2 Å². The summed E-state index contributed by atoms with van der Waals surface area (Å²) >= 11 is 0. The molecule has 8 nitrogen and oxygen atoms in total. The van der Waals surface area contributed by atoms with E-state index in [2.05, 4.69) is 20.6 Å². The molecule has 8 heteroatoms. The van der Waals surface area contributed by atoms with Crippen LogP contribution in [0, 0.1) is 0 Å². The maximum atomic E-state index is 12.5. The molecule has 2 amide bonds. The Kier molecular flexibility index (Phi) is 4.87. The van der Waals surface area contributed by atoms with Gasteiger partial charge >= 0.3 is 0 Å². The molecule has 134 valence electrons. The van der Waals surface area contributed by atoms with Crippen molar-refractivity contribution in [3.05, 3.63) is 35.4 Å². The highest BCUT2D eigenvalue weighted by atomic mass is 16.2. The van der Waals surface area contributed by atoms with Crippen LogP contribution in [0.1, 0.15) is 59.8 Å². The summed E-state index contributed by atoms with van der Waals surface area (Å²) in [6, 6.07) is 3.44. The van der Waals surface area contributed by atoms with E-state index in [0.717, 1.165) is 18.7 Å². The minimum Gasteiger partial charge on any atom is -0.346 e. The molecule has 0 saturated carbocycles. The summed E-state index contributed by atoms with van der Waals surface area (Å²) in [5, 5.41) is 14.2. The molecule has 1 unspecified atom stereocenters. The molecule has 1 saturated heterocycles. The van der Waals surface area contributed by atoms with Crippen LogP contribution in [0.25, 0.3) is 0 Å². The molecule has 0 aromatic carbocycles. The highest BCUT2D eigenvalue weighted by Gasteiger charge is 2.29. The second kappa shape index (κ2) is 7.08. The number of nitrogens with zero attached hydrogens (tertiary/aromatic N) is 4. The number of aromatic nitrogens is 4. The van der Waals surface area contributed by atoms with Gasteiger partial charge in [0.1, 0.15) is 11.4 Å². The summed E-state index contributed by atoms with van der Waals surface area (Å²) in [7, 11) is 0. The maximum absolute atomic E-state index is 12.5. The SMILES string of the molecule is CCn1ccc(C(=O)NC2CCN(C(=O)c3cc(C(C)C)[nH]n3)C2)n1. The van der Waals surface area contributed by atoms with Crippen molar-refractivity contribution in [3.8, 4) is 0 Å². The summed E-state index contributed by atoms with van der Waals surface area (Å²) in [4.78, 5) is 26.5. The van der Waals surface area contributed by atoms with Gasteiger partial charge in [0.25, 0.3) is 11.8 Å². The quantitative estimate of drug-likeness (QED) is 0.857. The van der Waals surface area contributed by atoms with Gasteiger partial charge in [-0.15, -0.1) is 0 Å². The van der Waals surface area contributed by atoms with E-state index in [1.54, 1.807) is 27.9 Å². The van der Waals surface area contributed by atoms with E-state index in [1.807, 2.05) is 20.8 Å². The second-order valence-corrected chi connectivity index (χ2v) is 6.63. The van der Waals surface area contributed by atoms with Gasteiger partial charge in [-0.3, -0.25) is 19.4 Å². The van der Waals surface area contributed by atoms with Crippen LogP contribution in [0.3, 0.4) is 0 Å². The fourth-order valence-electron chi connectivity index (χ4n) is 2.88. The number of aromatic amines is 1. The summed E-state index contributed by atoms with van der Waals surface area (Å²) in [6.45, 7) is 7.88. The van der Waals surface area contributed by atoms with Gasteiger partial charge in [0, 0.05) is 37.6 Å². The molecule has 25 heavy (non-hydrogen) atoms. The molecular formula is C17H24N6O2. The van der Waals surface area contributed by atoms with Crippen molar-refractivity contribution in [3.63, 3.8) is 0 Å². The van der Waals surface area contributed by atoms with Gasteiger partial charge in [-0.2, -0.15) is 10.2 Å². The number of carbonyl (C=O) groups excluding carboxylic acids is 2. The van der Waals surface area contributed by atoms with Crippen LogP contribution in [-0.4, -0.2) is 55.8 Å². The summed E-state index contributed by atoms with van der Waals surface area (Å²) in [6.07, 6.45) is 2.51. The third kappa shape index (κ3) is 3.72. The number of hydrogen-bond donors (Lipinski definition) is 2. The van der Waals surface area contributed by atoms with Gasteiger partial charge in [0.05, 0.1) is 0 Å². The molecule has 0 bridgehead atoms. The number of hydrogen-bond acceptors (Lipinski definition) is 4. The third-order valence-corrected chi connectivity index (χ3v) is 4.45. The molecule has 3 heterocycles. The molecule has 2 aromatic rings. The predicted molar refractivity (Wildman–Crippen MR) is 92.4 cm³/mol. The zero-order valence-corrected chi connectivity index (χ0v) is 14.8. The Hall–Kier alpha value is -2.64. The Balaban J connectivity index is 1.57. The van der Waals surface area contributed by atoms with E-state index < -0.39 is 0 Å². The number of H-pyrrole nitrogens is 1. The minimum atomic E-state index is -0.201. The van der Waals surface area contributed by atoms with E-state index in [-0.39, 0.29) is 17.9 Å². The minimum absolute atomic E-state index is 0.0632. The fraction of sp³-hybridized carbons (Fsp3) is 0.529. The van der Waals surface area contributed by atoms with Gasteiger partial charge in [-0.05, 0) is 31.4 Å². The van der Waals surface area contributed by atoms with E-state index in [9.17, 15) is 9.59 Å². The van der Waals surface area contributed by atoms with Crippen molar-refractivity contribution >= 4 is 11.8 Å². The van der Waals surface area contributed by atoms with Gasteiger partial charge in [0.2, 0.25) is 0 Å². The number of carbonyl (C=O) groups is 2. The van der Waals surface area contributed by atoms with Crippen molar-refractivity contribution in [2.24, 2.45) is 0 Å². The zero-order chi connectivity index (χ0) is 18.0. The van der Waals surface area contributed by atoms with Crippen molar-refractivity contribution in [1.82, 2.24) is 30.2 Å². The lowest BCUT2D eigenvalue weighted by atomic mass is 10.1. The molecular weight excluding hydrogens is 320 g/mol. The number of amides is 2. The average molecular weight is 344 g/mol. The van der Waals surface area contributed by atoms with Gasteiger partial charge in [-0.25, -0.2) is 0 Å². The summed E-state index contributed by atoms with van der Waals surface area (Å²) in [5.41, 5.74) is 1.77. The monoisotopic (exact) mass is 344 g/mol. The first-order chi connectivity index (χ1) is 12.0. The Morgan fingerprint density at radius 1 is 1.40 bits per heavy atom. The lowest BCUT2D eigenvalue weighted by Gasteiger charge is -2.15. The van der Waals surface area contributed by atoms with Gasteiger partial charge in [0.15, 0.2) is 0 Å². The standard InChI is InChI=1S/C17H24N6O2/c1-4-23-8-6-13(21-23)16(24)18-12-5-7-22(10-12)17(25)15-9-14(11(2)3)19-20-15/h6,8-9,11-12H,4-5,7,10H2,1-3H3,(H,18,24)(H,19,20). The molecule has 2 N–H and O–H groups in total. The maximum Gasteiger partial charge on any atom is 0.274 e. The summed E-state index contributed by atoms with van der Waals surface area (Å²) in [5.74, 6) is -0.00823. The van der Waals surface area contributed by atoms with Crippen LogP contribution in [0.5, 0.6) is 0 Å². The molecule has 0 spiro atoms. The third-order valence-electron chi connectivity index (χ3n) is 4.45. The molecule has 1 fully saturated rings. The molecule has 3 rings (SSSR count). The smallest absolute Gasteiger partial charge is 0.274 e.